The molecule has 1 amide bonds. The Morgan fingerprint density at radius 1 is 1.23 bits per heavy atom. The maximum absolute atomic E-state index is 11.8. The van der Waals surface area contributed by atoms with E-state index in [-0.39, 0.29) is 11.6 Å². The highest BCUT2D eigenvalue weighted by Gasteiger charge is 2.07. The van der Waals surface area contributed by atoms with Gasteiger partial charge in [-0.25, -0.2) is 9.97 Å². The second-order valence-electron chi connectivity index (χ2n) is 4.98. The Hall–Kier alpha value is -2.47. The average molecular weight is 300 g/mol. The minimum atomic E-state index is -0.261. The summed E-state index contributed by atoms with van der Waals surface area (Å²) in [5.74, 6) is 0.336. The molecule has 2 aromatic rings. The van der Waals surface area contributed by atoms with Crippen molar-refractivity contribution in [2.45, 2.75) is 13.8 Å². The fraction of sp³-hybridized carbons (Fsp3) is 0.312. The Balaban J connectivity index is 2.01. The average Bonchev–Trinajstić information content (AvgIpc) is 2.51. The molecule has 1 aromatic heterocycles. The molecule has 1 heterocycles. The van der Waals surface area contributed by atoms with Crippen LogP contribution in [0.4, 0.5) is 11.5 Å². The Labute approximate surface area is 129 Å². The van der Waals surface area contributed by atoms with E-state index in [0.29, 0.717) is 19.0 Å². The molecule has 0 radical (unpaired) electrons. The first-order valence-electron chi connectivity index (χ1n) is 7.03. The molecule has 0 aliphatic heterocycles. The van der Waals surface area contributed by atoms with Gasteiger partial charge in [0.25, 0.3) is 5.91 Å². The zero-order valence-electron chi connectivity index (χ0n) is 13.0. The zero-order valence-corrected chi connectivity index (χ0v) is 13.0. The zero-order chi connectivity index (χ0) is 15.9. The number of rotatable bonds is 6. The molecule has 116 valence electrons. The van der Waals surface area contributed by atoms with E-state index in [1.807, 2.05) is 26.0 Å². The van der Waals surface area contributed by atoms with E-state index < -0.39 is 0 Å². The van der Waals surface area contributed by atoms with Crippen LogP contribution in [0.2, 0.25) is 0 Å². The second kappa shape index (κ2) is 7.51. The third-order valence-corrected chi connectivity index (χ3v) is 3.12. The Morgan fingerprint density at radius 3 is 2.68 bits per heavy atom. The van der Waals surface area contributed by atoms with Gasteiger partial charge < -0.3 is 15.4 Å². The van der Waals surface area contributed by atoms with Gasteiger partial charge in [0.05, 0.1) is 19.0 Å². The van der Waals surface area contributed by atoms with E-state index in [1.54, 1.807) is 13.3 Å². The summed E-state index contributed by atoms with van der Waals surface area (Å²) in [5, 5.41) is 5.89. The Morgan fingerprint density at radius 2 is 2.05 bits per heavy atom. The van der Waals surface area contributed by atoms with Crippen molar-refractivity contribution in [2.75, 3.05) is 25.6 Å². The molecule has 6 nitrogen and oxygen atoms in total. The van der Waals surface area contributed by atoms with Crippen molar-refractivity contribution < 1.29 is 9.53 Å². The number of methoxy groups -OCH3 is 1. The van der Waals surface area contributed by atoms with Crippen LogP contribution in [0.1, 0.15) is 21.6 Å². The van der Waals surface area contributed by atoms with Crippen molar-refractivity contribution in [1.29, 1.82) is 0 Å². The molecule has 1 aromatic carbocycles. The van der Waals surface area contributed by atoms with Crippen molar-refractivity contribution in [3.05, 3.63) is 47.4 Å². The second-order valence-corrected chi connectivity index (χ2v) is 4.98. The van der Waals surface area contributed by atoms with Gasteiger partial charge in [0.1, 0.15) is 11.5 Å². The van der Waals surface area contributed by atoms with E-state index in [2.05, 4.69) is 26.7 Å². The first-order chi connectivity index (χ1) is 10.6. The summed E-state index contributed by atoms with van der Waals surface area (Å²) < 4.78 is 4.87. The van der Waals surface area contributed by atoms with Gasteiger partial charge >= 0.3 is 0 Å². The van der Waals surface area contributed by atoms with E-state index in [0.717, 1.165) is 11.3 Å². The van der Waals surface area contributed by atoms with Gasteiger partial charge in [-0.3, -0.25) is 4.79 Å². The van der Waals surface area contributed by atoms with Crippen molar-refractivity contribution in [1.82, 2.24) is 15.3 Å². The third-order valence-electron chi connectivity index (χ3n) is 3.12. The minimum Gasteiger partial charge on any atom is -0.383 e. The normalized spacial score (nSPS) is 10.3. The standard InChI is InChI=1S/C16H20N4O2/c1-11-4-5-13(12(2)8-11)20-15-10-18-14(9-19-15)16(21)17-6-7-22-3/h4-5,8-10H,6-7H2,1-3H3,(H,17,21)(H,19,20). The van der Waals surface area contributed by atoms with E-state index >= 15 is 0 Å². The maximum atomic E-state index is 11.8. The lowest BCUT2D eigenvalue weighted by atomic mass is 10.1. The van der Waals surface area contributed by atoms with Crippen molar-refractivity contribution >= 4 is 17.4 Å². The number of nitrogens with one attached hydrogen (secondary N) is 2. The Kier molecular flexibility index (Phi) is 5.43. The van der Waals surface area contributed by atoms with Gasteiger partial charge in [-0.2, -0.15) is 0 Å². The lowest BCUT2D eigenvalue weighted by molar-refractivity contribution is 0.0932. The highest BCUT2D eigenvalue weighted by atomic mass is 16.5. The number of benzene rings is 1. The minimum absolute atomic E-state index is 0.261. The molecule has 22 heavy (non-hydrogen) atoms. The number of hydrogen-bond acceptors (Lipinski definition) is 5. The van der Waals surface area contributed by atoms with E-state index in [9.17, 15) is 4.79 Å². The van der Waals surface area contributed by atoms with Gasteiger partial charge in [-0.15, -0.1) is 0 Å². The molecule has 0 saturated heterocycles. The molecule has 2 rings (SSSR count). The van der Waals surface area contributed by atoms with Crippen LogP contribution in [-0.4, -0.2) is 36.1 Å². The first-order valence-corrected chi connectivity index (χ1v) is 7.03. The number of carbonyl (C=O) groups is 1. The number of amides is 1. The highest BCUT2D eigenvalue weighted by Crippen LogP contribution is 2.19. The fourth-order valence-electron chi connectivity index (χ4n) is 1.96. The number of anilines is 2. The van der Waals surface area contributed by atoms with Crippen molar-refractivity contribution in [2.24, 2.45) is 0 Å². The molecule has 0 bridgehead atoms. The van der Waals surface area contributed by atoms with Gasteiger partial charge in [0.15, 0.2) is 0 Å². The van der Waals surface area contributed by atoms with Gasteiger partial charge in [0, 0.05) is 19.3 Å². The molecule has 0 atom stereocenters. The summed E-state index contributed by atoms with van der Waals surface area (Å²) in [5.41, 5.74) is 3.58. The van der Waals surface area contributed by atoms with Crippen LogP contribution in [0.3, 0.4) is 0 Å². The summed E-state index contributed by atoms with van der Waals surface area (Å²) in [7, 11) is 1.58. The third kappa shape index (κ3) is 4.26. The lowest BCUT2D eigenvalue weighted by Crippen LogP contribution is -2.27. The number of ether oxygens (including phenoxy) is 1. The van der Waals surface area contributed by atoms with Crippen LogP contribution in [0.25, 0.3) is 0 Å². The van der Waals surface area contributed by atoms with Crippen LogP contribution in [0.5, 0.6) is 0 Å². The quantitative estimate of drug-likeness (QED) is 0.800. The first kappa shape index (κ1) is 15.9. The fourth-order valence-corrected chi connectivity index (χ4v) is 1.96. The molecule has 0 spiro atoms. The molecule has 0 fully saturated rings. The molecule has 2 N–H and O–H groups in total. The molecule has 6 heteroatoms. The number of hydrogen-bond donors (Lipinski definition) is 2. The van der Waals surface area contributed by atoms with E-state index in [4.69, 9.17) is 4.74 Å². The summed E-state index contributed by atoms with van der Waals surface area (Å²) >= 11 is 0. The summed E-state index contributed by atoms with van der Waals surface area (Å²) in [6, 6.07) is 6.12. The predicted octanol–water partition coefficient (Wildman–Crippen LogP) is 2.21. The number of carbonyl (C=O) groups excluding carboxylic acids is 1. The van der Waals surface area contributed by atoms with E-state index in [1.165, 1.54) is 11.8 Å². The van der Waals surface area contributed by atoms with Gasteiger partial charge in [-0.1, -0.05) is 17.7 Å². The summed E-state index contributed by atoms with van der Waals surface area (Å²) in [6.07, 6.45) is 3.00. The van der Waals surface area contributed by atoms with Crippen molar-refractivity contribution in [3.63, 3.8) is 0 Å². The molecular formula is C16H20N4O2. The van der Waals surface area contributed by atoms with Crippen LogP contribution in [0.15, 0.2) is 30.6 Å². The smallest absolute Gasteiger partial charge is 0.271 e. The highest BCUT2D eigenvalue weighted by molar-refractivity contribution is 5.92. The van der Waals surface area contributed by atoms with Crippen LogP contribution in [0, 0.1) is 13.8 Å². The summed E-state index contributed by atoms with van der Waals surface area (Å²) in [4.78, 5) is 20.1. The van der Waals surface area contributed by atoms with Crippen LogP contribution in [-0.2, 0) is 4.74 Å². The van der Waals surface area contributed by atoms with Crippen LogP contribution < -0.4 is 10.6 Å². The molecule has 0 saturated carbocycles. The molecular weight excluding hydrogens is 280 g/mol. The largest absolute Gasteiger partial charge is 0.383 e. The Bertz CT molecular complexity index is 641. The SMILES string of the molecule is COCCNC(=O)c1cnc(Nc2ccc(C)cc2C)cn1. The molecule has 0 aliphatic rings. The molecule has 0 aliphatic carbocycles. The van der Waals surface area contributed by atoms with Crippen molar-refractivity contribution in [3.8, 4) is 0 Å². The molecule has 0 unspecified atom stereocenters. The number of aromatic nitrogens is 2. The number of aryl methyl sites for hydroxylation is 2. The van der Waals surface area contributed by atoms with Gasteiger partial charge in [0.2, 0.25) is 0 Å². The lowest BCUT2D eigenvalue weighted by Gasteiger charge is -2.09. The monoisotopic (exact) mass is 300 g/mol. The van der Waals surface area contributed by atoms with Gasteiger partial charge in [-0.05, 0) is 25.5 Å². The summed E-state index contributed by atoms with van der Waals surface area (Å²) in [6.45, 7) is 4.99. The predicted molar refractivity (Wildman–Crippen MR) is 85.4 cm³/mol. The maximum Gasteiger partial charge on any atom is 0.271 e. The number of nitrogens with zero attached hydrogens (tertiary/aromatic N) is 2. The topological polar surface area (TPSA) is 76.1 Å². The van der Waals surface area contributed by atoms with Crippen LogP contribution >= 0.6 is 0 Å².